The average molecular weight is 221 g/mol. The molecule has 2 atom stereocenters. The van der Waals surface area contributed by atoms with E-state index < -0.39 is 17.4 Å². The van der Waals surface area contributed by atoms with Crippen LogP contribution in [-0.4, -0.2) is 17.1 Å². The molecule has 0 saturated heterocycles. The van der Waals surface area contributed by atoms with Gasteiger partial charge in [0.15, 0.2) is 0 Å². The fourth-order valence-corrected chi connectivity index (χ4v) is 1.76. The molecule has 0 heterocycles. The Kier molecular flexibility index (Phi) is 3.70. The number of rotatable bonds is 4. The SMILES string of the molecule is CC(c1ccccc1)C(C)(C)C(N)C(=O)O. The molecule has 0 saturated carbocycles. The lowest BCUT2D eigenvalue weighted by Crippen LogP contribution is -2.46. The van der Waals surface area contributed by atoms with E-state index in [1.807, 2.05) is 51.1 Å². The van der Waals surface area contributed by atoms with Gasteiger partial charge in [-0.3, -0.25) is 4.79 Å². The number of carboxylic acid groups (broad SMARTS) is 1. The number of benzene rings is 1. The largest absolute Gasteiger partial charge is 0.480 e. The van der Waals surface area contributed by atoms with E-state index in [4.69, 9.17) is 10.8 Å². The molecule has 16 heavy (non-hydrogen) atoms. The summed E-state index contributed by atoms with van der Waals surface area (Å²) in [4.78, 5) is 11.0. The van der Waals surface area contributed by atoms with Crippen LogP contribution >= 0.6 is 0 Å². The molecule has 3 nitrogen and oxygen atoms in total. The van der Waals surface area contributed by atoms with E-state index >= 15 is 0 Å². The fourth-order valence-electron chi connectivity index (χ4n) is 1.76. The van der Waals surface area contributed by atoms with Crippen LogP contribution in [-0.2, 0) is 4.79 Å². The zero-order chi connectivity index (χ0) is 12.3. The first-order valence-electron chi connectivity index (χ1n) is 5.40. The lowest BCUT2D eigenvalue weighted by atomic mass is 9.71. The first-order chi connectivity index (χ1) is 7.37. The van der Waals surface area contributed by atoms with Crippen LogP contribution in [0.15, 0.2) is 30.3 Å². The van der Waals surface area contributed by atoms with Crippen molar-refractivity contribution in [2.24, 2.45) is 11.1 Å². The molecule has 2 unspecified atom stereocenters. The van der Waals surface area contributed by atoms with Crippen molar-refractivity contribution in [2.45, 2.75) is 32.7 Å². The normalized spacial score (nSPS) is 15.5. The summed E-state index contributed by atoms with van der Waals surface area (Å²) in [7, 11) is 0. The van der Waals surface area contributed by atoms with Gasteiger partial charge in [-0.25, -0.2) is 0 Å². The van der Waals surface area contributed by atoms with Gasteiger partial charge >= 0.3 is 5.97 Å². The van der Waals surface area contributed by atoms with Crippen LogP contribution in [0.2, 0.25) is 0 Å². The molecule has 0 amide bonds. The van der Waals surface area contributed by atoms with Crippen molar-refractivity contribution in [3.05, 3.63) is 35.9 Å². The van der Waals surface area contributed by atoms with Gasteiger partial charge in [-0.1, -0.05) is 51.1 Å². The van der Waals surface area contributed by atoms with E-state index in [0.717, 1.165) is 5.56 Å². The van der Waals surface area contributed by atoms with Crippen LogP contribution in [0.3, 0.4) is 0 Å². The van der Waals surface area contributed by atoms with E-state index in [0.29, 0.717) is 0 Å². The molecule has 0 aliphatic heterocycles. The Balaban J connectivity index is 2.96. The average Bonchev–Trinajstić information content (AvgIpc) is 2.28. The van der Waals surface area contributed by atoms with Crippen molar-refractivity contribution >= 4 is 5.97 Å². The maximum atomic E-state index is 11.0. The van der Waals surface area contributed by atoms with Crippen molar-refractivity contribution in [3.8, 4) is 0 Å². The molecule has 1 rings (SSSR count). The Morgan fingerprint density at radius 2 is 1.81 bits per heavy atom. The van der Waals surface area contributed by atoms with Crippen LogP contribution in [0.1, 0.15) is 32.3 Å². The second kappa shape index (κ2) is 4.66. The zero-order valence-electron chi connectivity index (χ0n) is 9.97. The molecular weight excluding hydrogens is 202 g/mol. The van der Waals surface area contributed by atoms with Gasteiger partial charge in [0.2, 0.25) is 0 Å². The van der Waals surface area contributed by atoms with Gasteiger partial charge in [-0.15, -0.1) is 0 Å². The van der Waals surface area contributed by atoms with Crippen molar-refractivity contribution in [3.63, 3.8) is 0 Å². The lowest BCUT2D eigenvalue weighted by Gasteiger charge is -2.35. The summed E-state index contributed by atoms with van der Waals surface area (Å²) in [6.07, 6.45) is 0. The molecule has 0 spiro atoms. The quantitative estimate of drug-likeness (QED) is 0.819. The molecule has 3 N–H and O–H groups in total. The molecule has 0 aliphatic rings. The molecular formula is C13H19NO2. The Morgan fingerprint density at radius 1 is 1.31 bits per heavy atom. The number of hydrogen-bond donors (Lipinski definition) is 2. The molecule has 0 bridgehead atoms. The van der Waals surface area contributed by atoms with E-state index in [-0.39, 0.29) is 5.92 Å². The maximum Gasteiger partial charge on any atom is 0.321 e. The molecule has 1 aromatic rings. The second-order valence-electron chi connectivity index (χ2n) is 4.77. The number of aliphatic carboxylic acids is 1. The Morgan fingerprint density at radius 3 is 2.25 bits per heavy atom. The van der Waals surface area contributed by atoms with Crippen LogP contribution in [0.5, 0.6) is 0 Å². The predicted molar refractivity (Wildman–Crippen MR) is 64.2 cm³/mol. The standard InChI is InChI=1S/C13H19NO2/c1-9(10-7-5-4-6-8-10)13(2,3)11(14)12(15)16/h4-9,11H,14H2,1-3H3,(H,15,16). The number of nitrogens with two attached hydrogens (primary N) is 1. The fraction of sp³-hybridized carbons (Fsp3) is 0.462. The number of carboxylic acids is 1. The highest BCUT2D eigenvalue weighted by molar-refractivity contribution is 5.74. The highest BCUT2D eigenvalue weighted by Gasteiger charge is 2.37. The van der Waals surface area contributed by atoms with Gasteiger partial charge in [0, 0.05) is 0 Å². The van der Waals surface area contributed by atoms with Crippen LogP contribution in [0, 0.1) is 5.41 Å². The number of hydrogen-bond acceptors (Lipinski definition) is 2. The molecule has 88 valence electrons. The summed E-state index contributed by atoms with van der Waals surface area (Å²) in [6.45, 7) is 5.80. The van der Waals surface area contributed by atoms with Crippen molar-refractivity contribution < 1.29 is 9.90 Å². The third-order valence-corrected chi connectivity index (χ3v) is 3.48. The predicted octanol–water partition coefficient (Wildman–Crippen LogP) is 2.23. The summed E-state index contributed by atoms with van der Waals surface area (Å²) in [5, 5.41) is 8.99. The first kappa shape index (κ1) is 12.7. The van der Waals surface area contributed by atoms with E-state index in [2.05, 4.69) is 0 Å². The van der Waals surface area contributed by atoms with Crippen LogP contribution in [0.25, 0.3) is 0 Å². The topological polar surface area (TPSA) is 63.3 Å². The summed E-state index contributed by atoms with van der Waals surface area (Å²) >= 11 is 0. The lowest BCUT2D eigenvalue weighted by molar-refractivity contribution is -0.141. The van der Waals surface area contributed by atoms with E-state index in [1.165, 1.54) is 0 Å². The van der Waals surface area contributed by atoms with Gasteiger partial charge in [0.25, 0.3) is 0 Å². The molecule has 0 aliphatic carbocycles. The smallest absolute Gasteiger partial charge is 0.321 e. The second-order valence-corrected chi connectivity index (χ2v) is 4.77. The summed E-state index contributed by atoms with van der Waals surface area (Å²) < 4.78 is 0. The van der Waals surface area contributed by atoms with Crippen molar-refractivity contribution in [1.82, 2.24) is 0 Å². The van der Waals surface area contributed by atoms with Crippen LogP contribution < -0.4 is 5.73 Å². The third-order valence-electron chi connectivity index (χ3n) is 3.48. The van der Waals surface area contributed by atoms with Crippen molar-refractivity contribution in [2.75, 3.05) is 0 Å². The van der Waals surface area contributed by atoms with Gasteiger partial charge in [-0.05, 0) is 16.9 Å². The van der Waals surface area contributed by atoms with E-state index in [9.17, 15) is 4.79 Å². The molecule has 0 fully saturated rings. The third kappa shape index (κ3) is 2.42. The minimum atomic E-state index is -0.951. The molecule has 0 aromatic heterocycles. The monoisotopic (exact) mass is 221 g/mol. The molecule has 0 radical (unpaired) electrons. The van der Waals surface area contributed by atoms with Crippen molar-refractivity contribution in [1.29, 1.82) is 0 Å². The summed E-state index contributed by atoms with van der Waals surface area (Å²) in [6, 6.07) is 8.99. The highest BCUT2D eigenvalue weighted by Crippen LogP contribution is 2.37. The Hall–Kier alpha value is -1.35. The van der Waals surface area contributed by atoms with Gasteiger partial charge < -0.3 is 10.8 Å². The summed E-state index contributed by atoms with van der Waals surface area (Å²) in [5.41, 5.74) is 6.37. The maximum absolute atomic E-state index is 11.0. The summed E-state index contributed by atoms with van der Waals surface area (Å²) in [5.74, 6) is -0.854. The van der Waals surface area contributed by atoms with Crippen LogP contribution in [0.4, 0.5) is 0 Å². The molecule has 3 heteroatoms. The highest BCUT2D eigenvalue weighted by atomic mass is 16.4. The first-order valence-corrected chi connectivity index (χ1v) is 5.40. The zero-order valence-corrected chi connectivity index (χ0v) is 9.97. The van der Waals surface area contributed by atoms with Gasteiger partial charge in [0.1, 0.15) is 6.04 Å². The van der Waals surface area contributed by atoms with E-state index in [1.54, 1.807) is 0 Å². The number of carbonyl (C=O) groups is 1. The minimum absolute atomic E-state index is 0.0970. The minimum Gasteiger partial charge on any atom is -0.480 e. The Labute approximate surface area is 96.3 Å². The van der Waals surface area contributed by atoms with Gasteiger partial charge in [0.05, 0.1) is 0 Å². The van der Waals surface area contributed by atoms with Gasteiger partial charge in [-0.2, -0.15) is 0 Å². The molecule has 1 aromatic carbocycles. The Bertz CT molecular complexity index is 359.